The number of dihydropyridines is 1. The molecule has 6 nitrogen and oxygen atoms in total. The number of ether oxygens (including phenoxy) is 3. The summed E-state index contributed by atoms with van der Waals surface area (Å²) in [7, 11) is 2.73. The van der Waals surface area contributed by atoms with E-state index in [0.717, 1.165) is 0 Å². The normalized spacial score (nSPS) is 16.8. The van der Waals surface area contributed by atoms with E-state index in [1.807, 2.05) is 0 Å². The van der Waals surface area contributed by atoms with Crippen molar-refractivity contribution in [2.45, 2.75) is 26.7 Å². The zero-order chi connectivity index (χ0) is 20.3. The Labute approximate surface area is 168 Å². The van der Waals surface area contributed by atoms with Crippen LogP contribution in [0, 0.1) is 0 Å². The third-order valence-electron chi connectivity index (χ3n) is 4.21. The van der Waals surface area contributed by atoms with Crippen LogP contribution in [0.5, 0.6) is 5.75 Å². The molecule has 0 aliphatic carbocycles. The number of carbonyl (C=O) groups is 2. The van der Waals surface area contributed by atoms with Gasteiger partial charge < -0.3 is 19.5 Å². The number of methoxy groups -OCH3 is 2. The van der Waals surface area contributed by atoms with Gasteiger partial charge in [-0.15, -0.1) is 0 Å². The molecule has 8 heteroatoms. The Kier molecular flexibility index (Phi) is 6.78. The Hall–Kier alpha value is -2.18. The molecule has 27 heavy (non-hydrogen) atoms. The minimum atomic E-state index is -0.816. The van der Waals surface area contributed by atoms with Crippen molar-refractivity contribution in [1.29, 1.82) is 0 Å². The van der Waals surface area contributed by atoms with Gasteiger partial charge in [0.1, 0.15) is 5.75 Å². The standard InChI is InChI=1S/C19H21Cl2NO5/c1-6-27-19(24)15-10(3)22-9(2)14(18(23)26-5)16(15)12-7-11(20)8-13(21)17(12)25-4/h7-8,16,22H,6H2,1-5H3/t16-/m1/s1. The van der Waals surface area contributed by atoms with Gasteiger partial charge in [0.15, 0.2) is 0 Å². The highest BCUT2D eigenvalue weighted by atomic mass is 35.5. The van der Waals surface area contributed by atoms with Gasteiger partial charge in [-0.25, -0.2) is 9.59 Å². The Morgan fingerprint density at radius 2 is 1.67 bits per heavy atom. The lowest BCUT2D eigenvalue weighted by atomic mass is 9.80. The summed E-state index contributed by atoms with van der Waals surface area (Å²) in [4.78, 5) is 25.3. The fourth-order valence-corrected chi connectivity index (χ4v) is 3.76. The Balaban J connectivity index is 2.83. The van der Waals surface area contributed by atoms with Gasteiger partial charge in [-0.3, -0.25) is 0 Å². The second kappa shape index (κ2) is 8.67. The number of halogens is 2. The molecule has 0 radical (unpaired) electrons. The van der Waals surface area contributed by atoms with Gasteiger partial charge in [0.05, 0.1) is 42.9 Å². The fraction of sp³-hybridized carbons (Fsp3) is 0.368. The highest BCUT2D eigenvalue weighted by molar-refractivity contribution is 6.35. The van der Waals surface area contributed by atoms with Crippen molar-refractivity contribution in [3.63, 3.8) is 0 Å². The number of carbonyl (C=O) groups excluding carboxylic acids is 2. The van der Waals surface area contributed by atoms with E-state index in [1.165, 1.54) is 20.3 Å². The molecule has 0 spiro atoms. The average molecular weight is 414 g/mol. The first-order chi connectivity index (χ1) is 12.8. The molecule has 0 saturated carbocycles. The molecule has 0 bridgehead atoms. The van der Waals surface area contributed by atoms with Crippen LogP contribution < -0.4 is 10.1 Å². The van der Waals surface area contributed by atoms with Crippen LogP contribution in [0.15, 0.2) is 34.7 Å². The lowest BCUT2D eigenvalue weighted by Crippen LogP contribution is -2.32. The van der Waals surface area contributed by atoms with Gasteiger partial charge >= 0.3 is 11.9 Å². The van der Waals surface area contributed by atoms with Crippen molar-refractivity contribution in [2.75, 3.05) is 20.8 Å². The van der Waals surface area contributed by atoms with Gasteiger partial charge in [0, 0.05) is 22.0 Å². The van der Waals surface area contributed by atoms with E-state index in [0.29, 0.717) is 27.7 Å². The largest absolute Gasteiger partial charge is 0.495 e. The Morgan fingerprint density at radius 1 is 1.07 bits per heavy atom. The third kappa shape index (κ3) is 4.06. The number of esters is 2. The maximum atomic E-state index is 12.7. The van der Waals surface area contributed by atoms with E-state index < -0.39 is 17.9 Å². The minimum Gasteiger partial charge on any atom is -0.495 e. The van der Waals surface area contributed by atoms with Crippen molar-refractivity contribution in [2.24, 2.45) is 0 Å². The number of benzene rings is 1. The molecule has 146 valence electrons. The molecule has 1 aliphatic rings. The quantitative estimate of drug-likeness (QED) is 0.735. The van der Waals surface area contributed by atoms with Gasteiger partial charge in [0.25, 0.3) is 0 Å². The molecule has 0 unspecified atom stereocenters. The van der Waals surface area contributed by atoms with E-state index in [2.05, 4.69) is 5.32 Å². The van der Waals surface area contributed by atoms with Crippen molar-refractivity contribution in [3.05, 3.63) is 50.3 Å². The molecule has 0 aromatic heterocycles. The molecule has 0 amide bonds. The number of hydrogen-bond donors (Lipinski definition) is 1. The molecule has 1 aliphatic heterocycles. The lowest BCUT2D eigenvalue weighted by molar-refractivity contribution is -0.139. The van der Waals surface area contributed by atoms with Crippen LogP contribution in [0.2, 0.25) is 10.0 Å². The van der Waals surface area contributed by atoms with Crippen molar-refractivity contribution in [1.82, 2.24) is 5.32 Å². The topological polar surface area (TPSA) is 73.9 Å². The van der Waals surface area contributed by atoms with Crippen LogP contribution >= 0.6 is 23.2 Å². The van der Waals surface area contributed by atoms with Gasteiger partial charge in [-0.05, 0) is 32.9 Å². The van der Waals surface area contributed by atoms with Crippen molar-refractivity contribution in [3.8, 4) is 5.75 Å². The summed E-state index contributed by atoms with van der Waals surface area (Å²) >= 11 is 12.5. The maximum absolute atomic E-state index is 12.7. The molecular formula is C19H21Cl2NO5. The maximum Gasteiger partial charge on any atom is 0.336 e. The molecule has 0 saturated heterocycles. The van der Waals surface area contributed by atoms with E-state index in [-0.39, 0.29) is 22.8 Å². The molecule has 1 atom stereocenters. The summed E-state index contributed by atoms with van der Waals surface area (Å²) in [5, 5.41) is 3.66. The van der Waals surface area contributed by atoms with E-state index in [4.69, 9.17) is 37.4 Å². The first-order valence-electron chi connectivity index (χ1n) is 8.23. The number of hydrogen-bond acceptors (Lipinski definition) is 6. The van der Waals surface area contributed by atoms with Crippen molar-refractivity contribution >= 4 is 35.1 Å². The van der Waals surface area contributed by atoms with Crippen molar-refractivity contribution < 1.29 is 23.8 Å². The van der Waals surface area contributed by atoms with Crippen LogP contribution in [0.1, 0.15) is 32.3 Å². The summed E-state index contributed by atoms with van der Waals surface area (Å²) in [6.45, 7) is 5.35. The predicted octanol–water partition coefficient (Wildman–Crippen LogP) is 3.97. The summed E-state index contributed by atoms with van der Waals surface area (Å²) in [6.07, 6.45) is 0. The smallest absolute Gasteiger partial charge is 0.336 e. The molecule has 1 aromatic rings. The zero-order valence-electron chi connectivity index (χ0n) is 15.7. The Morgan fingerprint density at radius 3 is 2.19 bits per heavy atom. The van der Waals surface area contributed by atoms with Gasteiger partial charge in [-0.1, -0.05) is 23.2 Å². The van der Waals surface area contributed by atoms with Crippen LogP contribution in [-0.4, -0.2) is 32.8 Å². The molecule has 1 heterocycles. The molecule has 1 aromatic carbocycles. The highest BCUT2D eigenvalue weighted by Gasteiger charge is 2.39. The second-order valence-corrected chi connectivity index (χ2v) is 6.70. The second-order valence-electron chi connectivity index (χ2n) is 5.86. The van der Waals surface area contributed by atoms with E-state index in [9.17, 15) is 9.59 Å². The summed E-state index contributed by atoms with van der Waals surface area (Å²) < 4.78 is 15.6. The van der Waals surface area contributed by atoms with E-state index >= 15 is 0 Å². The number of rotatable bonds is 5. The van der Waals surface area contributed by atoms with Gasteiger partial charge in [-0.2, -0.15) is 0 Å². The highest BCUT2D eigenvalue weighted by Crippen LogP contribution is 2.46. The predicted molar refractivity (Wildman–Crippen MR) is 103 cm³/mol. The molecule has 2 rings (SSSR count). The molecular weight excluding hydrogens is 393 g/mol. The number of nitrogens with one attached hydrogen (secondary N) is 1. The summed E-state index contributed by atoms with van der Waals surface area (Å²) in [5.41, 5.74) is 2.10. The first kappa shape index (κ1) is 21.1. The third-order valence-corrected chi connectivity index (χ3v) is 4.71. The zero-order valence-corrected chi connectivity index (χ0v) is 17.2. The molecule has 0 fully saturated rings. The lowest BCUT2D eigenvalue weighted by Gasteiger charge is -2.31. The van der Waals surface area contributed by atoms with Gasteiger partial charge in [0.2, 0.25) is 0 Å². The average Bonchev–Trinajstić information content (AvgIpc) is 2.59. The Bertz CT molecular complexity index is 845. The summed E-state index contributed by atoms with van der Waals surface area (Å²) in [5.74, 6) is -1.64. The summed E-state index contributed by atoms with van der Waals surface area (Å²) in [6, 6.07) is 3.15. The SMILES string of the molecule is CCOC(=O)C1=C(C)NC(C)=C(C(=O)OC)[C@H]1c1cc(Cl)cc(Cl)c1OC. The van der Waals surface area contributed by atoms with Crippen LogP contribution in [0.3, 0.4) is 0 Å². The van der Waals surface area contributed by atoms with Crippen LogP contribution in [0.4, 0.5) is 0 Å². The number of allylic oxidation sites excluding steroid dienone is 2. The molecule has 1 N–H and O–H groups in total. The van der Waals surface area contributed by atoms with Crippen LogP contribution in [-0.2, 0) is 19.1 Å². The fourth-order valence-electron chi connectivity index (χ4n) is 3.18. The van der Waals surface area contributed by atoms with E-state index in [1.54, 1.807) is 26.8 Å². The minimum absolute atomic E-state index is 0.187. The first-order valence-corrected chi connectivity index (χ1v) is 8.99. The monoisotopic (exact) mass is 413 g/mol. The van der Waals surface area contributed by atoms with Crippen LogP contribution in [0.25, 0.3) is 0 Å².